The van der Waals surface area contributed by atoms with Crippen LogP contribution in [0.15, 0.2) is 24.3 Å². The van der Waals surface area contributed by atoms with Crippen LogP contribution >= 0.6 is 0 Å². The quantitative estimate of drug-likeness (QED) is 0.728. The molecular formula is C16H26FNO. The Bertz CT molecular complexity index is 350. The topological polar surface area (TPSA) is 21.3 Å². The second-order valence-electron chi connectivity index (χ2n) is 4.74. The van der Waals surface area contributed by atoms with Gasteiger partial charge < -0.3 is 10.1 Å². The highest BCUT2D eigenvalue weighted by molar-refractivity contribution is 5.22. The van der Waals surface area contributed by atoms with Crippen LogP contribution in [0.1, 0.15) is 51.6 Å². The molecule has 0 amide bonds. The zero-order chi connectivity index (χ0) is 14.1. The SMILES string of the molecule is CCCNC(c1ccccc1F)C(CCC)OCC. The zero-order valence-electron chi connectivity index (χ0n) is 12.3. The minimum atomic E-state index is -0.156. The van der Waals surface area contributed by atoms with Crippen LogP contribution in [0, 0.1) is 5.82 Å². The maximum Gasteiger partial charge on any atom is 0.128 e. The highest BCUT2D eigenvalue weighted by Gasteiger charge is 2.24. The molecule has 1 aromatic carbocycles. The van der Waals surface area contributed by atoms with Crippen LogP contribution in [0.5, 0.6) is 0 Å². The molecule has 0 aromatic heterocycles. The summed E-state index contributed by atoms with van der Waals surface area (Å²) in [6, 6.07) is 6.91. The van der Waals surface area contributed by atoms with E-state index in [1.165, 1.54) is 6.07 Å². The van der Waals surface area contributed by atoms with Crippen LogP contribution < -0.4 is 5.32 Å². The van der Waals surface area contributed by atoms with E-state index < -0.39 is 0 Å². The van der Waals surface area contributed by atoms with E-state index in [4.69, 9.17) is 4.74 Å². The number of nitrogens with one attached hydrogen (secondary N) is 1. The number of hydrogen-bond donors (Lipinski definition) is 1. The summed E-state index contributed by atoms with van der Waals surface area (Å²) < 4.78 is 19.8. The van der Waals surface area contributed by atoms with Gasteiger partial charge in [-0.3, -0.25) is 0 Å². The first kappa shape index (κ1) is 16.1. The molecule has 1 rings (SSSR count). The van der Waals surface area contributed by atoms with Crippen LogP contribution in [0.25, 0.3) is 0 Å². The fraction of sp³-hybridized carbons (Fsp3) is 0.625. The normalized spacial score (nSPS) is 14.3. The molecule has 2 atom stereocenters. The lowest BCUT2D eigenvalue weighted by atomic mass is 9.97. The fourth-order valence-electron chi connectivity index (χ4n) is 2.31. The first-order chi connectivity index (χ1) is 9.24. The van der Waals surface area contributed by atoms with Crippen molar-refractivity contribution in [2.75, 3.05) is 13.2 Å². The average molecular weight is 267 g/mol. The van der Waals surface area contributed by atoms with Crippen LogP contribution in [0.4, 0.5) is 4.39 Å². The van der Waals surface area contributed by atoms with Gasteiger partial charge in [0.05, 0.1) is 12.1 Å². The molecule has 1 N–H and O–H groups in total. The van der Waals surface area contributed by atoms with E-state index >= 15 is 0 Å². The molecule has 3 heteroatoms. The van der Waals surface area contributed by atoms with Crippen molar-refractivity contribution in [2.24, 2.45) is 0 Å². The van der Waals surface area contributed by atoms with E-state index in [1.54, 1.807) is 6.07 Å². The summed E-state index contributed by atoms with van der Waals surface area (Å²) in [6.45, 7) is 7.75. The molecule has 0 aliphatic heterocycles. The zero-order valence-corrected chi connectivity index (χ0v) is 12.3. The monoisotopic (exact) mass is 267 g/mol. The minimum absolute atomic E-state index is 0.0263. The second-order valence-corrected chi connectivity index (χ2v) is 4.74. The molecular weight excluding hydrogens is 241 g/mol. The Morgan fingerprint density at radius 2 is 1.89 bits per heavy atom. The van der Waals surface area contributed by atoms with Crippen molar-refractivity contribution in [1.29, 1.82) is 0 Å². The van der Waals surface area contributed by atoms with Crippen molar-refractivity contribution >= 4 is 0 Å². The lowest BCUT2D eigenvalue weighted by molar-refractivity contribution is 0.0267. The summed E-state index contributed by atoms with van der Waals surface area (Å²) in [4.78, 5) is 0. The van der Waals surface area contributed by atoms with Gasteiger partial charge in [-0.2, -0.15) is 0 Å². The molecule has 0 saturated carbocycles. The van der Waals surface area contributed by atoms with Gasteiger partial charge in [-0.15, -0.1) is 0 Å². The Labute approximate surface area is 116 Å². The number of halogens is 1. The largest absolute Gasteiger partial charge is 0.377 e. The first-order valence-corrected chi connectivity index (χ1v) is 7.33. The number of ether oxygens (including phenoxy) is 1. The van der Waals surface area contributed by atoms with Crippen molar-refractivity contribution in [1.82, 2.24) is 5.32 Å². The molecule has 0 saturated heterocycles. The third-order valence-corrected chi connectivity index (χ3v) is 3.18. The van der Waals surface area contributed by atoms with E-state index in [-0.39, 0.29) is 18.0 Å². The van der Waals surface area contributed by atoms with Gasteiger partial charge in [0.15, 0.2) is 0 Å². The third-order valence-electron chi connectivity index (χ3n) is 3.18. The molecule has 0 heterocycles. The summed E-state index contributed by atoms with van der Waals surface area (Å²) in [5, 5.41) is 3.43. The van der Waals surface area contributed by atoms with Gasteiger partial charge in [0.1, 0.15) is 5.82 Å². The fourth-order valence-corrected chi connectivity index (χ4v) is 2.31. The summed E-state index contributed by atoms with van der Waals surface area (Å²) in [6.07, 6.45) is 3.02. The molecule has 19 heavy (non-hydrogen) atoms. The first-order valence-electron chi connectivity index (χ1n) is 7.33. The summed E-state index contributed by atoms with van der Waals surface area (Å²) >= 11 is 0. The smallest absolute Gasteiger partial charge is 0.128 e. The highest BCUT2D eigenvalue weighted by atomic mass is 19.1. The van der Waals surface area contributed by atoms with Crippen molar-refractivity contribution < 1.29 is 9.13 Å². The lowest BCUT2D eigenvalue weighted by Crippen LogP contribution is -2.35. The van der Waals surface area contributed by atoms with Crippen molar-refractivity contribution in [3.05, 3.63) is 35.6 Å². The van der Waals surface area contributed by atoms with E-state index in [9.17, 15) is 4.39 Å². The second kappa shape index (κ2) is 9.05. The van der Waals surface area contributed by atoms with Gasteiger partial charge >= 0.3 is 0 Å². The molecule has 0 aliphatic carbocycles. The van der Waals surface area contributed by atoms with Gasteiger partial charge in [-0.1, -0.05) is 38.5 Å². The van der Waals surface area contributed by atoms with Gasteiger partial charge in [-0.25, -0.2) is 4.39 Å². The molecule has 2 unspecified atom stereocenters. The Kier molecular flexibility index (Phi) is 7.68. The van der Waals surface area contributed by atoms with Crippen molar-refractivity contribution in [2.45, 2.75) is 52.2 Å². The van der Waals surface area contributed by atoms with Gasteiger partial charge in [0, 0.05) is 12.2 Å². The molecule has 0 bridgehead atoms. The lowest BCUT2D eigenvalue weighted by Gasteiger charge is -2.28. The molecule has 0 radical (unpaired) electrons. The van der Waals surface area contributed by atoms with E-state index in [1.807, 2.05) is 19.1 Å². The average Bonchev–Trinajstić information content (AvgIpc) is 2.41. The Morgan fingerprint density at radius 3 is 2.47 bits per heavy atom. The Balaban J connectivity index is 2.94. The van der Waals surface area contributed by atoms with Crippen LogP contribution in [-0.2, 0) is 4.74 Å². The Hall–Kier alpha value is -0.930. The molecule has 0 aliphatic rings. The standard InChI is InChI=1S/C16H26FNO/c1-4-9-15(19-6-3)16(18-12-5-2)13-10-7-8-11-14(13)17/h7-8,10-11,15-16,18H,4-6,9,12H2,1-3H3. The summed E-state index contributed by atoms with van der Waals surface area (Å²) in [5.41, 5.74) is 0.711. The molecule has 1 aromatic rings. The third kappa shape index (κ3) is 4.92. The number of rotatable bonds is 9. The predicted molar refractivity (Wildman–Crippen MR) is 77.8 cm³/mol. The summed E-state index contributed by atoms with van der Waals surface area (Å²) in [7, 11) is 0. The highest BCUT2D eigenvalue weighted by Crippen LogP contribution is 2.25. The van der Waals surface area contributed by atoms with E-state index in [2.05, 4.69) is 19.2 Å². The maximum absolute atomic E-state index is 14.0. The van der Waals surface area contributed by atoms with Gasteiger partial charge in [0.25, 0.3) is 0 Å². The molecule has 0 spiro atoms. The number of benzene rings is 1. The molecule has 108 valence electrons. The van der Waals surface area contributed by atoms with E-state index in [0.717, 1.165) is 25.8 Å². The van der Waals surface area contributed by atoms with Crippen molar-refractivity contribution in [3.63, 3.8) is 0 Å². The molecule has 0 fully saturated rings. The van der Waals surface area contributed by atoms with Crippen molar-refractivity contribution in [3.8, 4) is 0 Å². The van der Waals surface area contributed by atoms with E-state index in [0.29, 0.717) is 12.2 Å². The summed E-state index contributed by atoms with van der Waals surface area (Å²) in [5.74, 6) is -0.156. The maximum atomic E-state index is 14.0. The van der Waals surface area contributed by atoms with Crippen LogP contribution in [0.2, 0.25) is 0 Å². The van der Waals surface area contributed by atoms with Gasteiger partial charge in [-0.05, 0) is 32.4 Å². The van der Waals surface area contributed by atoms with Crippen LogP contribution in [-0.4, -0.2) is 19.3 Å². The number of hydrogen-bond acceptors (Lipinski definition) is 2. The molecule has 2 nitrogen and oxygen atoms in total. The minimum Gasteiger partial charge on any atom is -0.377 e. The van der Waals surface area contributed by atoms with Crippen LogP contribution in [0.3, 0.4) is 0 Å². The Morgan fingerprint density at radius 1 is 1.16 bits per heavy atom. The van der Waals surface area contributed by atoms with Gasteiger partial charge in [0.2, 0.25) is 0 Å². The predicted octanol–water partition coefficient (Wildman–Crippen LogP) is 4.07.